The molecule has 0 spiro atoms. The highest BCUT2D eigenvalue weighted by molar-refractivity contribution is 5.94. The maximum absolute atomic E-state index is 12.4. The number of carbonyl (C=O) groups is 2. The lowest BCUT2D eigenvalue weighted by atomic mass is 10.1. The smallest absolute Gasteiger partial charge is 0.238 e. The molecule has 130 valence electrons. The first-order valence-electron chi connectivity index (χ1n) is 8.54. The van der Waals surface area contributed by atoms with E-state index in [1.54, 1.807) is 14.0 Å². The Labute approximate surface area is 142 Å². The highest BCUT2D eigenvalue weighted by atomic mass is 16.5. The van der Waals surface area contributed by atoms with Gasteiger partial charge in [0.25, 0.3) is 0 Å². The van der Waals surface area contributed by atoms with Gasteiger partial charge in [0.15, 0.2) is 0 Å². The Morgan fingerprint density at radius 1 is 1.12 bits per heavy atom. The minimum atomic E-state index is -0.0393. The fraction of sp³-hybridized carbons (Fsp3) is 0.556. The molecule has 0 atom stereocenters. The molecule has 1 aromatic carbocycles. The molecule has 1 N–H and O–H groups in total. The van der Waals surface area contributed by atoms with Crippen molar-refractivity contribution in [1.29, 1.82) is 0 Å². The summed E-state index contributed by atoms with van der Waals surface area (Å²) < 4.78 is 5.43. The number of carbonyl (C=O) groups excluding carboxylic acids is 2. The minimum absolute atomic E-state index is 0.0393. The van der Waals surface area contributed by atoms with Gasteiger partial charge in [0.05, 0.1) is 19.3 Å². The number of benzene rings is 1. The predicted octanol–water partition coefficient (Wildman–Crippen LogP) is 1.29. The van der Waals surface area contributed by atoms with E-state index in [0.29, 0.717) is 19.6 Å². The van der Waals surface area contributed by atoms with E-state index in [0.717, 1.165) is 43.8 Å². The number of hydrogen-bond donors (Lipinski definition) is 1. The van der Waals surface area contributed by atoms with Crippen LogP contribution in [0.3, 0.4) is 0 Å². The molecule has 1 aliphatic heterocycles. The number of methoxy groups -OCH3 is 1. The van der Waals surface area contributed by atoms with E-state index in [1.165, 1.54) is 11.1 Å². The molecular weight excluding hydrogens is 306 g/mol. The fourth-order valence-electron chi connectivity index (χ4n) is 3.48. The Morgan fingerprint density at radius 2 is 1.79 bits per heavy atom. The first kappa shape index (κ1) is 16.8. The normalized spacial score (nSPS) is 17.5. The van der Waals surface area contributed by atoms with Crippen molar-refractivity contribution >= 4 is 17.5 Å². The van der Waals surface area contributed by atoms with E-state index in [1.807, 2.05) is 17.0 Å². The summed E-state index contributed by atoms with van der Waals surface area (Å²) in [7, 11) is 1.63. The highest BCUT2D eigenvalue weighted by Crippen LogP contribution is 2.33. The Morgan fingerprint density at radius 3 is 2.42 bits per heavy atom. The van der Waals surface area contributed by atoms with Gasteiger partial charge in [0.2, 0.25) is 11.8 Å². The van der Waals surface area contributed by atoms with Gasteiger partial charge in [-0.05, 0) is 42.5 Å². The Balaban J connectivity index is 1.58. The third-order valence-corrected chi connectivity index (χ3v) is 4.87. The molecule has 3 rings (SSSR count). The van der Waals surface area contributed by atoms with Gasteiger partial charge in [0.1, 0.15) is 5.75 Å². The van der Waals surface area contributed by atoms with E-state index in [4.69, 9.17) is 4.74 Å². The second-order valence-corrected chi connectivity index (χ2v) is 6.51. The number of aryl methyl sites for hydroxylation is 2. The maximum Gasteiger partial charge on any atom is 0.238 e. The highest BCUT2D eigenvalue weighted by Gasteiger charge is 2.21. The van der Waals surface area contributed by atoms with Crippen molar-refractivity contribution in [2.45, 2.75) is 26.2 Å². The van der Waals surface area contributed by atoms with Gasteiger partial charge in [-0.15, -0.1) is 0 Å². The molecule has 0 unspecified atom stereocenters. The summed E-state index contributed by atoms with van der Waals surface area (Å²) in [4.78, 5) is 27.6. The lowest BCUT2D eigenvalue weighted by molar-refractivity contribution is -0.130. The van der Waals surface area contributed by atoms with Crippen molar-refractivity contribution < 1.29 is 14.3 Å². The van der Waals surface area contributed by atoms with Crippen molar-refractivity contribution in [2.24, 2.45) is 0 Å². The van der Waals surface area contributed by atoms with Crippen molar-refractivity contribution in [1.82, 2.24) is 9.80 Å². The zero-order chi connectivity index (χ0) is 17.1. The van der Waals surface area contributed by atoms with Crippen molar-refractivity contribution in [3.63, 3.8) is 0 Å². The standard InChI is InChI=1S/C18H25N3O3/c1-13(22)21-8-6-20(7-9-21)12-18(23)19-16-10-14-4-3-5-15(14)11-17(16)24-2/h10-11H,3-9,12H2,1-2H3,(H,19,23). The molecule has 2 aliphatic rings. The van der Waals surface area contributed by atoms with Crippen LogP contribution in [-0.4, -0.2) is 61.4 Å². The molecule has 1 saturated heterocycles. The van der Waals surface area contributed by atoms with E-state index in [9.17, 15) is 9.59 Å². The third-order valence-electron chi connectivity index (χ3n) is 4.87. The predicted molar refractivity (Wildman–Crippen MR) is 92.3 cm³/mol. The van der Waals surface area contributed by atoms with Gasteiger partial charge >= 0.3 is 0 Å². The molecule has 0 bridgehead atoms. The van der Waals surface area contributed by atoms with Gasteiger partial charge < -0.3 is 15.0 Å². The van der Waals surface area contributed by atoms with Gasteiger partial charge in [-0.3, -0.25) is 14.5 Å². The number of hydrogen-bond acceptors (Lipinski definition) is 4. The molecule has 0 saturated carbocycles. The molecule has 0 aromatic heterocycles. The molecule has 1 heterocycles. The summed E-state index contributed by atoms with van der Waals surface area (Å²) >= 11 is 0. The van der Waals surface area contributed by atoms with Crippen LogP contribution in [0, 0.1) is 0 Å². The second kappa shape index (κ2) is 7.21. The van der Waals surface area contributed by atoms with Gasteiger partial charge in [0, 0.05) is 33.1 Å². The summed E-state index contributed by atoms with van der Waals surface area (Å²) in [6.45, 7) is 4.76. The maximum atomic E-state index is 12.4. The molecule has 0 radical (unpaired) electrons. The average molecular weight is 331 g/mol. The van der Waals surface area contributed by atoms with E-state index in [-0.39, 0.29) is 11.8 Å². The van der Waals surface area contributed by atoms with Gasteiger partial charge in [-0.1, -0.05) is 0 Å². The number of ether oxygens (including phenoxy) is 1. The first-order valence-corrected chi connectivity index (χ1v) is 8.54. The Hall–Kier alpha value is -2.08. The summed E-state index contributed by atoms with van der Waals surface area (Å²) in [5, 5.41) is 2.99. The van der Waals surface area contributed by atoms with Crippen LogP contribution >= 0.6 is 0 Å². The molecule has 1 aliphatic carbocycles. The van der Waals surface area contributed by atoms with E-state index >= 15 is 0 Å². The largest absolute Gasteiger partial charge is 0.495 e. The SMILES string of the molecule is COc1cc2c(cc1NC(=O)CN1CCN(C(C)=O)CC1)CCC2. The summed E-state index contributed by atoms with van der Waals surface area (Å²) in [5.41, 5.74) is 3.39. The Bertz CT molecular complexity index is 637. The molecule has 2 amide bonds. The van der Waals surface area contributed by atoms with Crippen LogP contribution in [0.25, 0.3) is 0 Å². The van der Waals surface area contributed by atoms with Gasteiger partial charge in [-0.25, -0.2) is 0 Å². The van der Waals surface area contributed by atoms with Gasteiger partial charge in [-0.2, -0.15) is 0 Å². The average Bonchev–Trinajstić information content (AvgIpc) is 3.01. The Kier molecular flexibility index (Phi) is 5.04. The van der Waals surface area contributed by atoms with E-state index in [2.05, 4.69) is 10.2 Å². The number of amides is 2. The van der Waals surface area contributed by atoms with Crippen LogP contribution in [0.4, 0.5) is 5.69 Å². The zero-order valence-corrected chi connectivity index (χ0v) is 14.4. The quantitative estimate of drug-likeness (QED) is 0.903. The van der Waals surface area contributed by atoms with Crippen LogP contribution < -0.4 is 10.1 Å². The number of nitrogens with one attached hydrogen (secondary N) is 1. The molecule has 6 heteroatoms. The second-order valence-electron chi connectivity index (χ2n) is 6.51. The van der Waals surface area contributed by atoms with Crippen LogP contribution in [-0.2, 0) is 22.4 Å². The topological polar surface area (TPSA) is 61.9 Å². The molecule has 24 heavy (non-hydrogen) atoms. The fourth-order valence-corrected chi connectivity index (χ4v) is 3.48. The third kappa shape index (κ3) is 3.70. The number of fused-ring (bicyclic) bond motifs is 1. The lowest BCUT2D eigenvalue weighted by Crippen LogP contribution is -2.49. The summed E-state index contributed by atoms with van der Waals surface area (Å²) in [6, 6.07) is 4.09. The minimum Gasteiger partial charge on any atom is -0.495 e. The summed E-state index contributed by atoms with van der Waals surface area (Å²) in [5.74, 6) is 0.787. The van der Waals surface area contributed by atoms with Crippen LogP contribution in [0.1, 0.15) is 24.5 Å². The van der Waals surface area contributed by atoms with Crippen molar-refractivity contribution in [2.75, 3.05) is 45.2 Å². The molecule has 1 aromatic rings. The van der Waals surface area contributed by atoms with Crippen molar-refractivity contribution in [3.05, 3.63) is 23.3 Å². The van der Waals surface area contributed by atoms with E-state index < -0.39 is 0 Å². The van der Waals surface area contributed by atoms with Crippen LogP contribution in [0.2, 0.25) is 0 Å². The first-order chi connectivity index (χ1) is 11.6. The number of nitrogens with zero attached hydrogens (tertiary/aromatic N) is 2. The van der Waals surface area contributed by atoms with Crippen molar-refractivity contribution in [3.8, 4) is 5.75 Å². The number of rotatable bonds is 4. The molecule has 1 fully saturated rings. The van der Waals surface area contributed by atoms with Crippen LogP contribution in [0.5, 0.6) is 5.75 Å². The molecular formula is C18H25N3O3. The summed E-state index contributed by atoms with van der Waals surface area (Å²) in [6.07, 6.45) is 3.31. The number of piperazine rings is 1. The number of anilines is 1. The zero-order valence-electron chi connectivity index (χ0n) is 14.4. The lowest BCUT2D eigenvalue weighted by Gasteiger charge is -2.33. The monoisotopic (exact) mass is 331 g/mol. The molecule has 6 nitrogen and oxygen atoms in total. The van der Waals surface area contributed by atoms with Crippen LogP contribution in [0.15, 0.2) is 12.1 Å².